The molecule has 0 spiro atoms. The maximum atomic E-state index is 12.6. The molecule has 2 rings (SSSR count). The zero-order valence-electron chi connectivity index (χ0n) is 14.2. The summed E-state index contributed by atoms with van der Waals surface area (Å²) < 4.78 is 29.4. The van der Waals surface area contributed by atoms with Crippen molar-refractivity contribution in [3.05, 3.63) is 28.8 Å². The van der Waals surface area contributed by atoms with Crippen LogP contribution < -0.4 is 10.5 Å². The Morgan fingerprint density at radius 3 is 2.17 bits per heavy atom. The number of hydrogen-bond donors (Lipinski definition) is 1. The Morgan fingerprint density at radius 1 is 1.25 bits per heavy atom. The molecule has 0 aromatic heterocycles. The molecule has 1 fully saturated rings. The Hall–Kier alpha value is -1.40. The maximum Gasteiger partial charge on any atom is 0.387 e. The number of rotatable bonds is 4. The fraction of sp³-hybridized carbons (Fsp3) is 0.588. The molecule has 1 unspecified atom stereocenters. The summed E-state index contributed by atoms with van der Waals surface area (Å²) in [5.41, 5.74) is 7.51. The Balaban J connectivity index is 0.00000288. The number of likely N-dealkylation sites (tertiary alicyclic amines) is 1. The van der Waals surface area contributed by atoms with Crippen molar-refractivity contribution < 1.29 is 18.3 Å². The molecule has 0 bridgehead atoms. The van der Waals surface area contributed by atoms with Gasteiger partial charge < -0.3 is 15.4 Å². The van der Waals surface area contributed by atoms with Crippen molar-refractivity contribution in [2.45, 2.75) is 46.3 Å². The molecule has 1 saturated heterocycles. The fourth-order valence-electron chi connectivity index (χ4n) is 3.16. The molecule has 24 heavy (non-hydrogen) atoms. The number of hydrogen-bond acceptors (Lipinski definition) is 3. The third-order valence-corrected chi connectivity index (χ3v) is 4.48. The molecule has 1 aliphatic rings. The summed E-state index contributed by atoms with van der Waals surface area (Å²) in [6.07, 6.45) is 1.79. The largest absolute Gasteiger partial charge is 0.434 e. The van der Waals surface area contributed by atoms with Gasteiger partial charge in [0.25, 0.3) is 5.91 Å². The molecule has 0 aliphatic carbocycles. The van der Waals surface area contributed by atoms with Gasteiger partial charge in [0.05, 0.1) is 0 Å². The topological polar surface area (TPSA) is 55.6 Å². The van der Waals surface area contributed by atoms with E-state index >= 15 is 0 Å². The third-order valence-electron chi connectivity index (χ3n) is 4.48. The Morgan fingerprint density at radius 2 is 1.75 bits per heavy atom. The molecule has 1 heterocycles. The Labute approximate surface area is 147 Å². The first-order valence-electron chi connectivity index (χ1n) is 7.90. The van der Waals surface area contributed by atoms with Crippen LogP contribution >= 0.6 is 12.4 Å². The van der Waals surface area contributed by atoms with Crippen LogP contribution in [0.15, 0.2) is 12.1 Å². The number of amides is 1. The number of piperidine rings is 1. The predicted octanol–water partition coefficient (Wildman–Crippen LogP) is 3.53. The van der Waals surface area contributed by atoms with Gasteiger partial charge in [-0.25, -0.2) is 0 Å². The maximum absolute atomic E-state index is 12.6. The first-order valence-corrected chi connectivity index (χ1v) is 7.90. The van der Waals surface area contributed by atoms with E-state index in [4.69, 9.17) is 5.73 Å². The van der Waals surface area contributed by atoms with Gasteiger partial charge in [-0.2, -0.15) is 8.78 Å². The van der Waals surface area contributed by atoms with Crippen LogP contribution in [0.2, 0.25) is 0 Å². The standard InChI is InChI=1S/C17H24F2N2O2.ClH/c1-10-8-14(9-11(2)15(10)23-17(18)19)16(22)21-6-4-13(5-7-21)12(3)20;/h8-9,12-13,17H,4-7,20H2,1-3H3;1H. The van der Waals surface area contributed by atoms with Crippen LogP contribution in [0.4, 0.5) is 8.78 Å². The molecular weight excluding hydrogens is 338 g/mol. The van der Waals surface area contributed by atoms with Crippen LogP contribution in [0, 0.1) is 19.8 Å². The minimum atomic E-state index is -2.87. The van der Waals surface area contributed by atoms with E-state index in [1.54, 1.807) is 30.9 Å². The molecule has 0 radical (unpaired) electrons. The lowest BCUT2D eigenvalue weighted by Crippen LogP contribution is -2.42. The first-order chi connectivity index (χ1) is 10.8. The van der Waals surface area contributed by atoms with Gasteiger partial charge in [0.15, 0.2) is 0 Å². The van der Waals surface area contributed by atoms with Crippen molar-refractivity contribution >= 4 is 18.3 Å². The van der Waals surface area contributed by atoms with Gasteiger partial charge in [-0.15, -0.1) is 12.4 Å². The molecule has 4 nitrogen and oxygen atoms in total. The lowest BCUT2D eigenvalue weighted by Gasteiger charge is -2.34. The van der Waals surface area contributed by atoms with Gasteiger partial charge in [-0.3, -0.25) is 4.79 Å². The highest BCUT2D eigenvalue weighted by molar-refractivity contribution is 5.95. The summed E-state index contributed by atoms with van der Waals surface area (Å²) >= 11 is 0. The van der Waals surface area contributed by atoms with Crippen molar-refractivity contribution in [2.75, 3.05) is 13.1 Å². The summed E-state index contributed by atoms with van der Waals surface area (Å²) in [6, 6.07) is 3.37. The van der Waals surface area contributed by atoms with Crippen molar-refractivity contribution in [1.29, 1.82) is 0 Å². The van der Waals surface area contributed by atoms with E-state index in [9.17, 15) is 13.6 Å². The van der Waals surface area contributed by atoms with Gasteiger partial charge in [0.2, 0.25) is 0 Å². The minimum Gasteiger partial charge on any atom is -0.434 e. The van der Waals surface area contributed by atoms with E-state index in [1.165, 1.54) is 0 Å². The predicted molar refractivity (Wildman–Crippen MR) is 92.1 cm³/mol. The van der Waals surface area contributed by atoms with Crippen LogP contribution in [0.5, 0.6) is 5.75 Å². The van der Waals surface area contributed by atoms with Crippen LogP contribution in [-0.4, -0.2) is 36.5 Å². The Bertz CT molecular complexity index is 551. The second-order valence-electron chi connectivity index (χ2n) is 6.31. The van der Waals surface area contributed by atoms with Crippen LogP contribution in [0.3, 0.4) is 0 Å². The van der Waals surface area contributed by atoms with Crippen molar-refractivity contribution in [3.8, 4) is 5.75 Å². The van der Waals surface area contributed by atoms with E-state index in [1.807, 2.05) is 6.92 Å². The first kappa shape index (κ1) is 20.6. The zero-order chi connectivity index (χ0) is 17.1. The number of carbonyl (C=O) groups is 1. The normalized spacial score (nSPS) is 16.7. The number of halogens is 3. The molecule has 136 valence electrons. The average molecular weight is 363 g/mol. The number of nitrogens with zero attached hydrogens (tertiary/aromatic N) is 1. The van der Waals surface area contributed by atoms with Crippen LogP contribution in [0.25, 0.3) is 0 Å². The van der Waals surface area contributed by atoms with Crippen molar-refractivity contribution in [1.82, 2.24) is 4.90 Å². The summed E-state index contributed by atoms with van der Waals surface area (Å²) in [6.45, 7) is 3.83. The average Bonchev–Trinajstić information content (AvgIpc) is 2.49. The van der Waals surface area contributed by atoms with Gasteiger partial charge in [0, 0.05) is 24.7 Å². The van der Waals surface area contributed by atoms with E-state index in [2.05, 4.69) is 4.74 Å². The number of nitrogens with two attached hydrogens (primary N) is 1. The molecule has 1 atom stereocenters. The quantitative estimate of drug-likeness (QED) is 0.891. The fourth-order valence-corrected chi connectivity index (χ4v) is 3.16. The molecule has 1 aromatic rings. The lowest BCUT2D eigenvalue weighted by atomic mass is 9.90. The summed E-state index contributed by atoms with van der Waals surface area (Å²) in [7, 11) is 0. The number of benzene rings is 1. The number of carbonyl (C=O) groups excluding carboxylic acids is 1. The smallest absolute Gasteiger partial charge is 0.387 e. The van der Waals surface area contributed by atoms with Crippen molar-refractivity contribution in [2.24, 2.45) is 11.7 Å². The summed E-state index contributed by atoms with van der Waals surface area (Å²) in [5.74, 6) is 0.527. The van der Waals surface area contributed by atoms with E-state index < -0.39 is 6.61 Å². The highest BCUT2D eigenvalue weighted by Gasteiger charge is 2.26. The van der Waals surface area contributed by atoms with E-state index in [0.29, 0.717) is 35.7 Å². The zero-order valence-corrected chi connectivity index (χ0v) is 15.0. The third kappa shape index (κ3) is 4.80. The minimum absolute atomic E-state index is 0. The Kier molecular flexibility index (Phi) is 7.42. The number of aryl methyl sites for hydroxylation is 2. The van der Waals surface area contributed by atoms with Gasteiger partial charge in [-0.1, -0.05) is 0 Å². The monoisotopic (exact) mass is 362 g/mol. The SMILES string of the molecule is Cc1cc(C(=O)N2CCC(C(C)N)CC2)cc(C)c1OC(F)F.Cl. The van der Waals surface area contributed by atoms with Crippen LogP contribution in [-0.2, 0) is 0 Å². The van der Waals surface area contributed by atoms with Gasteiger partial charge in [0.1, 0.15) is 5.75 Å². The highest BCUT2D eigenvalue weighted by atomic mass is 35.5. The molecule has 7 heteroatoms. The summed E-state index contributed by atoms with van der Waals surface area (Å²) in [5, 5.41) is 0. The number of alkyl halides is 2. The molecule has 1 aromatic carbocycles. The van der Waals surface area contributed by atoms with Gasteiger partial charge >= 0.3 is 6.61 Å². The molecule has 1 amide bonds. The van der Waals surface area contributed by atoms with Crippen LogP contribution in [0.1, 0.15) is 41.3 Å². The van der Waals surface area contributed by atoms with E-state index in [-0.39, 0.29) is 30.1 Å². The number of ether oxygens (including phenoxy) is 1. The molecule has 2 N–H and O–H groups in total. The highest BCUT2D eigenvalue weighted by Crippen LogP contribution is 2.28. The molecular formula is C17H25ClF2N2O2. The van der Waals surface area contributed by atoms with Crippen molar-refractivity contribution in [3.63, 3.8) is 0 Å². The molecule has 0 saturated carbocycles. The summed E-state index contributed by atoms with van der Waals surface area (Å²) in [4.78, 5) is 14.4. The second-order valence-corrected chi connectivity index (χ2v) is 6.31. The molecule has 1 aliphatic heterocycles. The van der Waals surface area contributed by atoms with Gasteiger partial charge in [-0.05, 0) is 62.8 Å². The van der Waals surface area contributed by atoms with E-state index in [0.717, 1.165) is 12.8 Å². The second kappa shape index (κ2) is 8.62. The lowest BCUT2D eigenvalue weighted by molar-refractivity contribution is -0.0507.